The molecule has 0 unspecified atom stereocenters. The largest absolute Gasteiger partial charge is 0.507 e. The van der Waals surface area contributed by atoms with Gasteiger partial charge in [-0.05, 0) is 32.3 Å². The van der Waals surface area contributed by atoms with E-state index in [1.54, 1.807) is 19.9 Å². The molecule has 1 aliphatic rings. The minimum atomic E-state index is -2.76. The Morgan fingerprint density at radius 2 is 2.13 bits per heavy atom. The summed E-state index contributed by atoms with van der Waals surface area (Å²) in [6, 6.07) is 0. The summed E-state index contributed by atoms with van der Waals surface area (Å²) >= 11 is 0. The first-order chi connectivity index (χ1) is 12.0. The Morgan fingerprint density at radius 3 is 2.83 bits per heavy atom. The zero-order chi connectivity index (χ0) is 19.6. The lowest BCUT2D eigenvalue weighted by atomic mass is 9.95. The number of cyclic esters (lactones) is 1. The Labute approximate surface area is 138 Å². The van der Waals surface area contributed by atoms with Crippen LogP contribution >= 0.6 is 0 Å². The number of carbonyl (C=O) groups excluding carboxylic acids is 2. The fourth-order valence-corrected chi connectivity index (χ4v) is 2.49. The number of hydrogen-bond acceptors (Lipinski definition) is 6. The number of aromatic hydroxyl groups is 2. The number of phenolic OH excluding ortho intramolecular Hbond substituents is 2. The van der Waals surface area contributed by atoms with Crippen LogP contribution in [0.5, 0.6) is 11.5 Å². The van der Waals surface area contributed by atoms with Crippen molar-refractivity contribution in [2.75, 3.05) is 7.04 Å². The Hall–Kier alpha value is -2.50. The molecule has 1 aromatic rings. The van der Waals surface area contributed by atoms with Crippen molar-refractivity contribution in [1.82, 2.24) is 0 Å². The summed E-state index contributed by atoms with van der Waals surface area (Å²) < 4.78 is 29.8. The van der Waals surface area contributed by atoms with Gasteiger partial charge in [-0.15, -0.1) is 0 Å². The van der Waals surface area contributed by atoms with Crippen LogP contribution in [0.4, 0.5) is 0 Å². The van der Waals surface area contributed by atoms with Crippen LogP contribution in [0.1, 0.15) is 50.9 Å². The number of benzene rings is 1. The minimum absolute atomic E-state index is 0.0157. The first kappa shape index (κ1) is 13.0. The van der Waals surface area contributed by atoms with E-state index in [4.69, 9.17) is 8.85 Å². The second-order valence-electron chi connectivity index (χ2n) is 5.46. The summed E-state index contributed by atoms with van der Waals surface area (Å²) in [5.74, 6) is -1.88. The summed E-state index contributed by atoms with van der Waals surface area (Å²) in [5, 5.41) is 20.6. The molecule has 6 heteroatoms. The number of carbonyl (C=O) groups is 2. The van der Waals surface area contributed by atoms with E-state index in [1.165, 1.54) is 0 Å². The third-order valence-corrected chi connectivity index (χ3v) is 3.96. The van der Waals surface area contributed by atoms with Gasteiger partial charge in [0.15, 0.2) is 0 Å². The van der Waals surface area contributed by atoms with Gasteiger partial charge in [0.25, 0.3) is 0 Å². The predicted octanol–water partition coefficient (Wildman–Crippen LogP) is 2.52. The Kier molecular flexibility index (Phi) is 3.80. The SMILES string of the molecule is [2H]C([2H])([2H])OC(=O)CC/C(C)=C/Cc1c(O)c(C)c2c(c1O)C(=O)OC2. The van der Waals surface area contributed by atoms with Crippen LogP contribution in [0, 0.1) is 6.92 Å². The second-order valence-corrected chi connectivity index (χ2v) is 5.46. The lowest BCUT2D eigenvalue weighted by Gasteiger charge is -2.12. The van der Waals surface area contributed by atoms with Gasteiger partial charge >= 0.3 is 11.9 Å². The summed E-state index contributed by atoms with van der Waals surface area (Å²) in [6.45, 7) is 3.38. The topological polar surface area (TPSA) is 93.1 Å². The number of methoxy groups -OCH3 is 1. The fraction of sp³-hybridized carbons (Fsp3) is 0.412. The molecule has 0 spiro atoms. The van der Waals surface area contributed by atoms with Gasteiger partial charge in [-0.1, -0.05) is 11.6 Å². The number of hydrogen-bond donors (Lipinski definition) is 2. The van der Waals surface area contributed by atoms with E-state index in [2.05, 4.69) is 4.74 Å². The monoisotopic (exact) mass is 323 g/mol. The van der Waals surface area contributed by atoms with E-state index in [1.807, 2.05) is 0 Å². The molecular weight excluding hydrogens is 300 g/mol. The Bertz CT molecular complexity index is 780. The van der Waals surface area contributed by atoms with E-state index >= 15 is 0 Å². The molecule has 0 saturated heterocycles. The fourth-order valence-electron chi connectivity index (χ4n) is 2.49. The molecule has 0 fully saturated rings. The van der Waals surface area contributed by atoms with E-state index in [0.717, 1.165) is 5.57 Å². The third kappa shape index (κ3) is 3.31. The van der Waals surface area contributed by atoms with E-state index < -0.39 is 19.0 Å². The van der Waals surface area contributed by atoms with Crippen LogP contribution in [-0.2, 0) is 27.3 Å². The minimum Gasteiger partial charge on any atom is -0.507 e. The lowest BCUT2D eigenvalue weighted by Crippen LogP contribution is -2.01. The van der Waals surface area contributed by atoms with Gasteiger partial charge in [0, 0.05) is 17.5 Å². The quantitative estimate of drug-likeness (QED) is 0.639. The molecule has 0 bridgehead atoms. The molecule has 0 saturated carbocycles. The van der Waals surface area contributed by atoms with Crippen LogP contribution in [0.15, 0.2) is 11.6 Å². The zero-order valence-electron chi connectivity index (χ0n) is 15.9. The highest BCUT2D eigenvalue weighted by molar-refractivity contribution is 5.98. The van der Waals surface area contributed by atoms with Crippen LogP contribution < -0.4 is 0 Å². The van der Waals surface area contributed by atoms with Crippen LogP contribution in [0.2, 0.25) is 0 Å². The van der Waals surface area contributed by atoms with Gasteiger partial charge in [0.05, 0.1) is 11.2 Å². The van der Waals surface area contributed by atoms with Crippen molar-refractivity contribution in [3.8, 4) is 11.5 Å². The van der Waals surface area contributed by atoms with Gasteiger partial charge in [-0.25, -0.2) is 4.79 Å². The maximum Gasteiger partial charge on any atom is 0.342 e. The molecule has 124 valence electrons. The molecule has 6 nitrogen and oxygen atoms in total. The first-order valence-corrected chi connectivity index (χ1v) is 7.12. The molecule has 23 heavy (non-hydrogen) atoms. The molecule has 1 aliphatic heterocycles. The van der Waals surface area contributed by atoms with E-state index in [-0.39, 0.29) is 48.5 Å². The average molecular weight is 323 g/mol. The van der Waals surface area contributed by atoms with Crippen molar-refractivity contribution in [1.29, 1.82) is 0 Å². The molecule has 2 rings (SSSR count). The molecule has 0 aromatic heterocycles. The van der Waals surface area contributed by atoms with E-state index in [9.17, 15) is 19.8 Å². The predicted molar refractivity (Wildman–Crippen MR) is 82.3 cm³/mol. The van der Waals surface area contributed by atoms with E-state index in [0.29, 0.717) is 11.1 Å². The number of fused-ring (bicyclic) bond motifs is 1. The Balaban J connectivity index is 2.11. The molecule has 0 amide bonds. The molecule has 0 atom stereocenters. The van der Waals surface area contributed by atoms with Gasteiger partial charge in [-0.3, -0.25) is 4.79 Å². The molecular formula is C17H20O6. The molecule has 0 radical (unpaired) electrons. The summed E-state index contributed by atoms with van der Waals surface area (Å²) in [6.07, 6.45) is 1.99. The normalized spacial score (nSPS) is 16.2. The van der Waals surface area contributed by atoms with Gasteiger partial charge in [0.2, 0.25) is 0 Å². The maximum atomic E-state index is 11.8. The number of rotatable bonds is 5. The summed E-state index contributed by atoms with van der Waals surface area (Å²) in [7, 11) is -2.76. The number of ether oxygens (including phenoxy) is 2. The summed E-state index contributed by atoms with van der Waals surface area (Å²) in [5.41, 5.74) is 1.96. The molecule has 1 heterocycles. The maximum absolute atomic E-state index is 11.8. The van der Waals surface area contributed by atoms with Crippen molar-refractivity contribution in [3.63, 3.8) is 0 Å². The van der Waals surface area contributed by atoms with Gasteiger partial charge < -0.3 is 19.7 Å². The second kappa shape index (κ2) is 6.73. The zero-order valence-corrected chi connectivity index (χ0v) is 12.9. The highest BCUT2D eigenvalue weighted by Gasteiger charge is 2.31. The highest BCUT2D eigenvalue weighted by Crippen LogP contribution is 2.41. The van der Waals surface area contributed by atoms with Crippen LogP contribution in [0.3, 0.4) is 0 Å². The first-order valence-electron chi connectivity index (χ1n) is 8.62. The molecule has 2 N–H and O–H groups in total. The molecule has 0 aliphatic carbocycles. The third-order valence-electron chi connectivity index (χ3n) is 3.96. The van der Waals surface area contributed by atoms with Crippen molar-refractivity contribution in [2.24, 2.45) is 0 Å². The number of phenols is 2. The van der Waals surface area contributed by atoms with Gasteiger partial charge in [0.1, 0.15) is 23.7 Å². The van der Waals surface area contributed by atoms with Crippen LogP contribution in [0.25, 0.3) is 0 Å². The van der Waals surface area contributed by atoms with Crippen LogP contribution in [-0.4, -0.2) is 29.2 Å². The Morgan fingerprint density at radius 1 is 1.39 bits per heavy atom. The van der Waals surface area contributed by atoms with Crippen molar-refractivity contribution in [2.45, 2.75) is 39.7 Å². The van der Waals surface area contributed by atoms with Crippen molar-refractivity contribution < 1.29 is 33.4 Å². The molecule has 1 aromatic carbocycles. The van der Waals surface area contributed by atoms with Crippen molar-refractivity contribution >= 4 is 11.9 Å². The summed E-state index contributed by atoms with van der Waals surface area (Å²) in [4.78, 5) is 23.2. The van der Waals surface area contributed by atoms with Gasteiger partial charge in [-0.2, -0.15) is 0 Å². The standard InChI is InChI=1S/C17H20O6/c1-9(5-7-13(18)22-3)4-6-11-15(19)10(2)12-8-23-17(21)14(12)16(11)20/h4,19-20H,5-8H2,1-3H3/b9-4+/i3D3. The lowest BCUT2D eigenvalue weighted by molar-refractivity contribution is -0.140. The number of allylic oxidation sites excluding steroid dienone is 2. The number of esters is 2. The highest BCUT2D eigenvalue weighted by atomic mass is 16.5. The van der Waals surface area contributed by atoms with Crippen molar-refractivity contribution in [3.05, 3.63) is 33.9 Å². The smallest absolute Gasteiger partial charge is 0.342 e. The average Bonchev–Trinajstić information content (AvgIpc) is 2.91.